The summed E-state index contributed by atoms with van der Waals surface area (Å²) in [7, 11) is 1.76. The summed E-state index contributed by atoms with van der Waals surface area (Å²) in [5, 5.41) is 4.26. The maximum Gasteiger partial charge on any atom is 0.256 e. The zero-order valence-corrected chi connectivity index (χ0v) is 14.4. The maximum atomic E-state index is 12.5. The largest absolute Gasteiger partial charge is 0.492 e. The van der Waals surface area contributed by atoms with Gasteiger partial charge in [-0.3, -0.25) is 4.79 Å². The molecule has 0 unspecified atom stereocenters. The van der Waals surface area contributed by atoms with Crippen LogP contribution in [0.4, 0.5) is 0 Å². The molecule has 3 aromatic rings. The van der Waals surface area contributed by atoms with Crippen molar-refractivity contribution in [2.24, 2.45) is 0 Å². The zero-order valence-electron chi connectivity index (χ0n) is 14.4. The number of hydrogen-bond acceptors (Lipinski definition) is 3. The summed E-state index contributed by atoms with van der Waals surface area (Å²) in [6.07, 6.45) is 3.33. The Morgan fingerprint density at radius 2 is 1.84 bits per heavy atom. The van der Waals surface area contributed by atoms with E-state index in [-0.39, 0.29) is 5.91 Å². The lowest BCUT2D eigenvalue weighted by Gasteiger charge is -2.16. The molecule has 0 aliphatic heterocycles. The number of nitrogens with zero attached hydrogens (tertiary/aromatic N) is 3. The Labute approximate surface area is 147 Å². The summed E-state index contributed by atoms with van der Waals surface area (Å²) in [4.78, 5) is 14.1. The fraction of sp³-hybridized carbons (Fsp3) is 0.200. The van der Waals surface area contributed by atoms with Gasteiger partial charge in [0.1, 0.15) is 12.4 Å². The fourth-order valence-electron chi connectivity index (χ4n) is 2.41. The lowest BCUT2D eigenvalue weighted by atomic mass is 10.2. The molecule has 128 valence electrons. The van der Waals surface area contributed by atoms with Gasteiger partial charge in [-0.05, 0) is 31.2 Å². The minimum Gasteiger partial charge on any atom is -0.492 e. The number of amides is 1. The smallest absolute Gasteiger partial charge is 0.256 e. The minimum absolute atomic E-state index is 0.0744. The summed E-state index contributed by atoms with van der Waals surface area (Å²) < 4.78 is 7.38. The lowest BCUT2D eigenvalue weighted by Crippen LogP contribution is -2.30. The number of aryl methyl sites for hydroxylation is 1. The molecular formula is C20H21N3O2. The van der Waals surface area contributed by atoms with Crippen molar-refractivity contribution in [3.8, 4) is 11.4 Å². The average molecular weight is 335 g/mol. The van der Waals surface area contributed by atoms with Crippen LogP contribution in [0, 0.1) is 6.92 Å². The van der Waals surface area contributed by atoms with Gasteiger partial charge in [-0.25, -0.2) is 4.68 Å². The van der Waals surface area contributed by atoms with Crippen LogP contribution in [0.15, 0.2) is 67.0 Å². The molecule has 25 heavy (non-hydrogen) atoms. The van der Waals surface area contributed by atoms with Gasteiger partial charge in [-0.1, -0.05) is 35.9 Å². The monoisotopic (exact) mass is 335 g/mol. The Bertz CT molecular complexity index is 826. The van der Waals surface area contributed by atoms with E-state index in [0.717, 1.165) is 11.4 Å². The zero-order chi connectivity index (χ0) is 17.6. The molecule has 3 rings (SSSR count). The third kappa shape index (κ3) is 4.26. The number of benzene rings is 2. The summed E-state index contributed by atoms with van der Waals surface area (Å²) >= 11 is 0. The van der Waals surface area contributed by atoms with E-state index in [1.165, 1.54) is 5.56 Å². The molecule has 1 heterocycles. The lowest BCUT2D eigenvalue weighted by molar-refractivity contribution is 0.0774. The third-order valence-electron chi connectivity index (χ3n) is 3.91. The summed E-state index contributed by atoms with van der Waals surface area (Å²) in [5.74, 6) is 0.734. The van der Waals surface area contributed by atoms with Crippen molar-refractivity contribution >= 4 is 5.91 Å². The number of carbonyl (C=O) groups excluding carboxylic acids is 1. The summed E-state index contributed by atoms with van der Waals surface area (Å²) in [6, 6.07) is 17.6. The molecule has 0 fully saturated rings. The molecule has 0 radical (unpaired) electrons. The predicted molar refractivity (Wildman–Crippen MR) is 97.2 cm³/mol. The topological polar surface area (TPSA) is 47.4 Å². The van der Waals surface area contributed by atoms with E-state index in [2.05, 4.69) is 5.10 Å². The second-order valence-electron chi connectivity index (χ2n) is 5.90. The average Bonchev–Trinajstić information content (AvgIpc) is 3.13. The van der Waals surface area contributed by atoms with Gasteiger partial charge in [0.15, 0.2) is 0 Å². The molecule has 0 saturated heterocycles. The maximum absolute atomic E-state index is 12.5. The second kappa shape index (κ2) is 7.66. The van der Waals surface area contributed by atoms with E-state index in [4.69, 9.17) is 4.74 Å². The minimum atomic E-state index is -0.0744. The Hall–Kier alpha value is -3.08. The van der Waals surface area contributed by atoms with E-state index in [1.54, 1.807) is 29.0 Å². The molecule has 2 aromatic carbocycles. The Kier molecular flexibility index (Phi) is 5.14. The highest BCUT2D eigenvalue weighted by Gasteiger charge is 2.14. The SMILES string of the molecule is Cc1ccc(OCCN(C)C(=O)c2cnn(-c3ccccc3)c2)cc1. The number of ether oxygens (including phenoxy) is 1. The fourth-order valence-corrected chi connectivity index (χ4v) is 2.41. The van der Waals surface area contributed by atoms with Gasteiger partial charge in [0.2, 0.25) is 0 Å². The molecule has 0 spiro atoms. The van der Waals surface area contributed by atoms with E-state index in [9.17, 15) is 4.79 Å². The van der Waals surface area contributed by atoms with Crippen LogP contribution in [-0.4, -0.2) is 40.8 Å². The van der Waals surface area contributed by atoms with Crippen LogP contribution < -0.4 is 4.74 Å². The first-order valence-electron chi connectivity index (χ1n) is 8.18. The quantitative estimate of drug-likeness (QED) is 0.694. The van der Waals surface area contributed by atoms with Gasteiger partial charge in [0, 0.05) is 13.2 Å². The van der Waals surface area contributed by atoms with Gasteiger partial charge < -0.3 is 9.64 Å². The number of hydrogen-bond donors (Lipinski definition) is 0. The second-order valence-corrected chi connectivity index (χ2v) is 5.90. The molecule has 0 atom stereocenters. The van der Waals surface area contributed by atoms with Crippen molar-refractivity contribution in [1.82, 2.24) is 14.7 Å². The van der Waals surface area contributed by atoms with Gasteiger partial charge in [0.25, 0.3) is 5.91 Å². The van der Waals surface area contributed by atoms with E-state index >= 15 is 0 Å². The van der Waals surface area contributed by atoms with E-state index in [0.29, 0.717) is 18.7 Å². The highest BCUT2D eigenvalue weighted by Crippen LogP contribution is 2.12. The van der Waals surface area contributed by atoms with Crippen molar-refractivity contribution < 1.29 is 9.53 Å². The number of carbonyl (C=O) groups is 1. The first-order chi connectivity index (χ1) is 12.1. The van der Waals surface area contributed by atoms with Crippen LogP contribution in [0.1, 0.15) is 15.9 Å². The molecule has 0 N–H and O–H groups in total. The van der Waals surface area contributed by atoms with Crippen molar-refractivity contribution in [3.63, 3.8) is 0 Å². The van der Waals surface area contributed by atoms with E-state index < -0.39 is 0 Å². The normalized spacial score (nSPS) is 10.5. The first-order valence-corrected chi connectivity index (χ1v) is 8.18. The van der Waals surface area contributed by atoms with Gasteiger partial charge >= 0.3 is 0 Å². The highest BCUT2D eigenvalue weighted by molar-refractivity contribution is 5.93. The van der Waals surface area contributed by atoms with Crippen molar-refractivity contribution in [3.05, 3.63) is 78.1 Å². The molecule has 0 aliphatic rings. The Morgan fingerprint density at radius 1 is 1.12 bits per heavy atom. The number of rotatable bonds is 6. The van der Waals surface area contributed by atoms with Crippen LogP contribution in [-0.2, 0) is 0 Å². The van der Waals surface area contributed by atoms with Crippen molar-refractivity contribution in [2.75, 3.05) is 20.2 Å². The molecule has 1 amide bonds. The highest BCUT2D eigenvalue weighted by atomic mass is 16.5. The molecule has 5 nitrogen and oxygen atoms in total. The number of likely N-dealkylation sites (N-methyl/N-ethyl adjacent to an activating group) is 1. The van der Waals surface area contributed by atoms with Crippen LogP contribution >= 0.6 is 0 Å². The van der Waals surface area contributed by atoms with Crippen LogP contribution in [0.25, 0.3) is 5.69 Å². The van der Waals surface area contributed by atoms with Crippen molar-refractivity contribution in [2.45, 2.75) is 6.92 Å². The van der Waals surface area contributed by atoms with Gasteiger partial charge in [-0.2, -0.15) is 5.10 Å². The standard InChI is InChI=1S/C20H21N3O2/c1-16-8-10-19(11-9-16)25-13-12-22(2)20(24)17-14-21-23(15-17)18-6-4-3-5-7-18/h3-11,14-15H,12-13H2,1-2H3. The summed E-state index contributed by atoms with van der Waals surface area (Å²) in [5.41, 5.74) is 2.67. The van der Waals surface area contributed by atoms with E-state index in [1.807, 2.05) is 61.5 Å². The molecule has 0 saturated carbocycles. The molecule has 0 aliphatic carbocycles. The Morgan fingerprint density at radius 3 is 2.56 bits per heavy atom. The third-order valence-corrected chi connectivity index (χ3v) is 3.91. The van der Waals surface area contributed by atoms with Crippen LogP contribution in [0.3, 0.4) is 0 Å². The predicted octanol–water partition coefficient (Wildman–Crippen LogP) is 3.33. The summed E-state index contributed by atoms with van der Waals surface area (Å²) in [6.45, 7) is 2.98. The molecule has 5 heteroatoms. The molecule has 1 aromatic heterocycles. The molecular weight excluding hydrogens is 314 g/mol. The van der Waals surface area contributed by atoms with Gasteiger partial charge in [0.05, 0.1) is 24.0 Å². The van der Waals surface area contributed by atoms with Gasteiger partial charge in [-0.15, -0.1) is 0 Å². The van der Waals surface area contributed by atoms with Crippen LogP contribution in [0.5, 0.6) is 5.75 Å². The first kappa shape index (κ1) is 16.8. The van der Waals surface area contributed by atoms with Crippen LogP contribution in [0.2, 0.25) is 0 Å². The number of para-hydroxylation sites is 1. The molecule has 0 bridgehead atoms. The number of aromatic nitrogens is 2. The Balaban J connectivity index is 1.55. The van der Waals surface area contributed by atoms with Crippen molar-refractivity contribution in [1.29, 1.82) is 0 Å².